The Morgan fingerprint density at radius 3 is 2.91 bits per heavy atom. The summed E-state index contributed by atoms with van der Waals surface area (Å²) in [6.07, 6.45) is 5.09. The summed E-state index contributed by atoms with van der Waals surface area (Å²) in [5.74, 6) is 0. The lowest BCUT2D eigenvalue weighted by Gasteiger charge is -1.90. The second kappa shape index (κ2) is 4.44. The molecular weight excluding hydrogens is 140 g/mol. The van der Waals surface area contributed by atoms with Crippen molar-refractivity contribution in [3.63, 3.8) is 0 Å². The summed E-state index contributed by atoms with van der Waals surface area (Å²) in [4.78, 5) is 8.66. The molecule has 0 saturated carbocycles. The van der Waals surface area contributed by atoms with Crippen LogP contribution >= 0.6 is 0 Å². The fraction of sp³-hybridized carbons (Fsp3) is 0.250. The summed E-state index contributed by atoms with van der Waals surface area (Å²) in [5, 5.41) is 3.71. The van der Waals surface area contributed by atoms with Gasteiger partial charge in [0.1, 0.15) is 6.61 Å². The van der Waals surface area contributed by atoms with Crippen LogP contribution in [0.4, 0.5) is 0 Å². The number of hydrogen-bond donors (Lipinski definition) is 0. The van der Waals surface area contributed by atoms with Crippen molar-refractivity contribution in [2.24, 2.45) is 5.16 Å². The standard InChI is InChI=1S/C8H10N2O/c1-2-11-10-7-8-3-5-9-6-4-8/h3-7H,2H2,1H3. The quantitative estimate of drug-likeness (QED) is 0.482. The van der Waals surface area contributed by atoms with E-state index in [0.717, 1.165) is 5.56 Å². The van der Waals surface area contributed by atoms with Crippen molar-refractivity contribution in [2.75, 3.05) is 6.61 Å². The number of rotatable bonds is 3. The highest BCUT2D eigenvalue weighted by Crippen LogP contribution is 1.90. The molecule has 1 rings (SSSR count). The number of nitrogens with zero attached hydrogens (tertiary/aromatic N) is 2. The van der Waals surface area contributed by atoms with E-state index in [4.69, 9.17) is 4.84 Å². The van der Waals surface area contributed by atoms with E-state index in [1.165, 1.54) is 0 Å². The van der Waals surface area contributed by atoms with Crippen LogP contribution < -0.4 is 0 Å². The molecule has 11 heavy (non-hydrogen) atoms. The van der Waals surface area contributed by atoms with Crippen molar-refractivity contribution in [2.45, 2.75) is 6.92 Å². The van der Waals surface area contributed by atoms with Gasteiger partial charge in [-0.15, -0.1) is 0 Å². The Hall–Kier alpha value is -1.38. The van der Waals surface area contributed by atoms with E-state index >= 15 is 0 Å². The van der Waals surface area contributed by atoms with Gasteiger partial charge in [-0.05, 0) is 24.6 Å². The Labute approximate surface area is 65.7 Å². The number of hydrogen-bond acceptors (Lipinski definition) is 3. The Morgan fingerprint density at radius 2 is 2.27 bits per heavy atom. The highest BCUT2D eigenvalue weighted by atomic mass is 16.6. The molecular formula is C8H10N2O. The lowest BCUT2D eigenvalue weighted by Crippen LogP contribution is -1.83. The van der Waals surface area contributed by atoms with Crippen molar-refractivity contribution >= 4 is 6.21 Å². The van der Waals surface area contributed by atoms with Crippen LogP contribution in [0.15, 0.2) is 29.7 Å². The Bertz CT molecular complexity index is 221. The molecule has 0 spiro atoms. The molecule has 0 fully saturated rings. The van der Waals surface area contributed by atoms with Crippen LogP contribution in [0.1, 0.15) is 12.5 Å². The average Bonchev–Trinajstić information content (AvgIpc) is 2.07. The van der Waals surface area contributed by atoms with Gasteiger partial charge in [0.25, 0.3) is 0 Å². The van der Waals surface area contributed by atoms with Gasteiger partial charge in [-0.2, -0.15) is 0 Å². The Morgan fingerprint density at radius 1 is 1.55 bits per heavy atom. The largest absolute Gasteiger partial charge is 0.396 e. The summed E-state index contributed by atoms with van der Waals surface area (Å²) in [6, 6.07) is 3.73. The van der Waals surface area contributed by atoms with E-state index in [-0.39, 0.29) is 0 Å². The van der Waals surface area contributed by atoms with E-state index in [1.807, 2.05) is 19.1 Å². The third-order valence-corrected chi connectivity index (χ3v) is 1.11. The van der Waals surface area contributed by atoms with E-state index in [2.05, 4.69) is 10.1 Å². The molecule has 0 aliphatic heterocycles. The first kappa shape index (κ1) is 7.72. The highest BCUT2D eigenvalue weighted by Gasteiger charge is 1.82. The monoisotopic (exact) mass is 150 g/mol. The predicted molar refractivity (Wildman–Crippen MR) is 43.5 cm³/mol. The maximum atomic E-state index is 4.79. The summed E-state index contributed by atoms with van der Waals surface area (Å²) in [7, 11) is 0. The average molecular weight is 150 g/mol. The third kappa shape index (κ3) is 2.80. The molecule has 0 aromatic carbocycles. The van der Waals surface area contributed by atoms with Crippen molar-refractivity contribution in [1.82, 2.24) is 4.98 Å². The maximum Gasteiger partial charge on any atom is 0.114 e. The molecule has 0 amide bonds. The second-order valence-corrected chi connectivity index (χ2v) is 1.93. The SMILES string of the molecule is CCON=Cc1ccncc1. The van der Waals surface area contributed by atoms with E-state index in [1.54, 1.807) is 18.6 Å². The molecule has 0 N–H and O–H groups in total. The highest BCUT2D eigenvalue weighted by molar-refractivity contribution is 5.78. The minimum absolute atomic E-state index is 0.599. The van der Waals surface area contributed by atoms with Gasteiger partial charge in [0.2, 0.25) is 0 Å². The fourth-order valence-electron chi connectivity index (χ4n) is 0.622. The molecule has 1 heterocycles. The second-order valence-electron chi connectivity index (χ2n) is 1.93. The first-order chi connectivity index (χ1) is 5.43. The van der Waals surface area contributed by atoms with Gasteiger partial charge >= 0.3 is 0 Å². The molecule has 58 valence electrons. The van der Waals surface area contributed by atoms with Crippen LogP contribution in [0, 0.1) is 0 Å². The van der Waals surface area contributed by atoms with Gasteiger partial charge in [-0.1, -0.05) is 5.16 Å². The summed E-state index contributed by atoms with van der Waals surface area (Å²) < 4.78 is 0. The normalized spacial score (nSPS) is 10.3. The molecule has 3 nitrogen and oxygen atoms in total. The molecule has 1 aromatic rings. The van der Waals surface area contributed by atoms with Crippen LogP contribution in [0.5, 0.6) is 0 Å². The Kier molecular flexibility index (Phi) is 3.12. The topological polar surface area (TPSA) is 34.5 Å². The molecule has 0 unspecified atom stereocenters. The van der Waals surface area contributed by atoms with Gasteiger partial charge in [-0.3, -0.25) is 4.98 Å². The van der Waals surface area contributed by atoms with Gasteiger partial charge in [-0.25, -0.2) is 0 Å². The van der Waals surface area contributed by atoms with Gasteiger partial charge in [0.05, 0.1) is 6.21 Å². The van der Waals surface area contributed by atoms with E-state index in [9.17, 15) is 0 Å². The van der Waals surface area contributed by atoms with Crippen LogP contribution in [0.2, 0.25) is 0 Å². The molecule has 0 aliphatic rings. The zero-order valence-corrected chi connectivity index (χ0v) is 6.40. The minimum atomic E-state index is 0.599. The molecule has 0 aliphatic carbocycles. The van der Waals surface area contributed by atoms with Gasteiger partial charge in [0.15, 0.2) is 0 Å². The lowest BCUT2D eigenvalue weighted by molar-refractivity contribution is 0.160. The molecule has 0 atom stereocenters. The van der Waals surface area contributed by atoms with Crippen molar-refractivity contribution in [3.05, 3.63) is 30.1 Å². The summed E-state index contributed by atoms with van der Waals surface area (Å²) >= 11 is 0. The molecule has 0 bridgehead atoms. The number of pyridine rings is 1. The molecule has 0 radical (unpaired) electrons. The first-order valence-electron chi connectivity index (χ1n) is 3.49. The van der Waals surface area contributed by atoms with E-state index < -0.39 is 0 Å². The Balaban J connectivity index is 2.50. The predicted octanol–water partition coefficient (Wildman–Crippen LogP) is 1.45. The molecule has 3 heteroatoms. The van der Waals surface area contributed by atoms with Crippen LogP contribution in [-0.4, -0.2) is 17.8 Å². The third-order valence-electron chi connectivity index (χ3n) is 1.11. The van der Waals surface area contributed by atoms with Crippen LogP contribution in [0.25, 0.3) is 0 Å². The number of oxime groups is 1. The minimum Gasteiger partial charge on any atom is -0.396 e. The zero-order valence-electron chi connectivity index (χ0n) is 6.40. The summed E-state index contributed by atoms with van der Waals surface area (Å²) in [6.45, 7) is 2.49. The van der Waals surface area contributed by atoms with Gasteiger partial charge in [0, 0.05) is 12.4 Å². The van der Waals surface area contributed by atoms with E-state index in [0.29, 0.717) is 6.61 Å². The molecule has 0 saturated heterocycles. The van der Waals surface area contributed by atoms with Crippen molar-refractivity contribution in [3.8, 4) is 0 Å². The first-order valence-corrected chi connectivity index (χ1v) is 3.49. The zero-order chi connectivity index (χ0) is 7.94. The van der Waals surface area contributed by atoms with Crippen molar-refractivity contribution < 1.29 is 4.84 Å². The smallest absolute Gasteiger partial charge is 0.114 e. The fourth-order valence-corrected chi connectivity index (χ4v) is 0.622. The van der Waals surface area contributed by atoms with Gasteiger partial charge < -0.3 is 4.84 Å². The molecule has 1 aromatic heterocycles. The van der Waals surface area contributed by atoms with Crippen molar-refractivity contribution in [1.29, 1.82) is 0 Å². The summed E-state index contributed by atoms with van der Waals surface area (Å²) in [5.41, 5.74) is 0.994. The maximum absolute atomic E-state index is 4.79. The van der Waals surface area contributed by atoms with Crippen LogP contribution in [-0.2, 0) is 4.84 Å². The number of aromatic nitrogens is 1. The lowest BCUT2D eigenvalue weighted by atomic mass is 10.3. The van der Waals surface area contributed by atoms with Crippen LogP contribution in [0.3, 0.4) is 0 Å².